The Morgan fingerprint density at radius 2 is 0.927 bits per heavy atom. The van der Waals surface area contributed by atoms with E-state index in [1.165, 1.54) is 48.9 Å². The first-order valence-electron chi connectivity index (χ1n) is 18.9. The fourth-order valence-electron chi connectivity index (χ4n) is 8.66. The van der Waals surface area contributed by atoms with Crippen LogP contribution in [0.4, 0.5) is 17.1 Å². The Bertz CT molecular complexity index is 3210. The van der Waals surface area contributed by atoms with Crippen molar-refractivity contribution in [3.8, 4) is 22.5 Å². The van der Waals surface area contributed by atoms with Crippen molar-refractivity contribution in [2.75, 3.05) is 4.90 Å². The second kappa shape index (κ2) is 12.6. The van der Waals surface area contributed by atoms with Gasteiger partial charge in [0.1, 0.15) is 0 Å². The van der Waals surface area contributed by atoms with Gasteiger partial charge in [0, 0.05) is 44.2 Å². The monoisotopic (exact) mass is 701 g/mol. The van der Waals surface area contributed by atoms with E-state index in [0.717, 1.165) is 45.0 Å². The van der Waals surface area contributed by atoms with Crippen LogP contribution in [-0.4, -0.2) is 9.13 Å². The molecule has 3 nitrogen and oxygen atoms in total. The zero-order chi connectivity index (χ0) is 36.3. The molecule has 0 aliphatic rings. The van der Waals surface area contributed by atoms with E-state index in [-0.39, 0.29) is 0 Å². The highest BCUT2D eigenvalue weighted by Crippen LogP contribution is 2.47. The minimum atomic E-state index is 1.08. The average molecular weight is 702 g/mol. The Morgan fingerprint density at radius 3 is 1.75 bits per heavy atom. The third kappa shape index (κ3) is 4.98. The van der Waals surface area contributed by atoms with Gasteiger partial charge in [0.15, 0.2) is 0 Å². The van der Waals surface area contributed by atoms with Crippen molar-refractivity contribution in [2.24, 2.45) is 0 Å². The summed E-state index contributed by atoms with van der Waals surface area (Å²) in [5, 5.41) is 7.35. The molecule has 0 fully saturated rings. The number of benzene rings is 9. The predicted octanol–water partition coefficient (Wildman–Crippen LogP) is 14.2. The lowest BCUT2D eigenvalue weighted by atomic mass is 10.0. The molecule has 11 aromatic rings. The van der Waals surface area contributed by atoms with Gasteiger partial charge in [-0.2, -0.15) is 0 Å². The standard InChI is InChI=1S/C52H35N3/c1-3-17-37(18-4-1)42-22-9-12-26-47(42)54(41-32-33-45-43-23-10-13-27-48(43)53(51(45)35-41)39-20-5-2-6-21-39)50-29-15-25-46-44-24-11-14-28-49(44)55(52(46)50)40-31-30-36-16-7-8-19-38(36)34-40/h1-35H. The first-order valence-corrected chi connectivity index (χ1v) is 18.9. The van der Waals surface area contributed by atoms with Crippen LogP contribution in [0.1, 0.15) is 0 Å². The smallest absolute Gasteiger partial charge is 0.0782 e. The molecule has 0 aliphatic carbocycles. The van der Waals surface area contributed by atoms with Gasteiger partial charge in [0.25, 0.3) is 0 Å². The molecule has 0 amide bonds. The Labute approximate surface area is 319 Å². The van der Waals surface area contributed by atoms with Crippen molar-refractivity contribution in [3.05, 3.63) is 212 Å². The summed E-state index contributed by atoms with van der Waals surface area (Å²) < 4.78 is 4.87. The second-order valence-corrected chi connectivity index (χ2v) is 14.2. The number of para-hydroxylation sites is 5. The molecule has 0 radical (unpaired) electrons. The molecule has 0 bridgehead atoms. The zero-order valence-electron chi connectivity index (χ0n) is 30.0. The number of hydrogen-bond acceptors (Lipinski definition) is 1. The van der Waals surface area contributed by atoms with Crippen LogP contribution in [0.15, 0.2) is 212 Å². The largest absolute Gasteiger partial charge is 0.309 e. The van der Waals surface area contributed by atoms with E-state index in [4.69, 9.17) is 0 Å². The molecule has 0 saturated carbocycles. The lowest BCUT2D eigenvalue weighted by Gasteiger charge is -2.29. The second-order valence-electron chi connectivity index (χ2n) is 14.2. The molecule has 11 rings (SSSR count). The fraction of sp³-hybridized carbons (Fsp3) is 0. The molecule has 0 aliphatic heterocycles. The minimum absolute atomic E-state index is 1.08. The number of hydrogen-bond donors (Lipinski definition) is 0. The van der Waals surface area contributed by atoms with Crippen LogP contribution >= 0.6 is 0 Å². The van der Waals surface area contributed by atoms with E-state index in [1.54, 1.807) is 0 Å². The van der Waals surface area contributed by atoms with Crippen molar-refractivity contribution in [1.82, 2.24) is 9.13 Å². The predicted molar refractivity (Wildman–Crippen MR) is 233 cm³/mol. The molecule has 0 saturated heterocycles. The lowest BCUT2D eigenvalue weighted by molar-refractivity contribution is 1.17. The molecule has 0 N–H and O–H groups in total. The quantitative estimate of drug-likeness (QED) is 0.168. The van der Waals surface area contributed by atoms with Gasteiger partial charge in [-0.05, 0) is 77.0 Å². The highest BCUT2D eigenvalue weighted by atomic mass is 15.2. The summed E-state index contributed by atoms with van der Waals surface area (Å²) in [5.41, 5.74) is 12.6. The van der Waals surface area contributed by atoms with Gasteiger partial charge in [-0.25, -0.2) is 0 Å². The Morgan fingerprint density at radius 1 is 0.327 bits per heavy atom. The summed E-state index contributed by atoms with van der Waals surface area (Å²) in [4.78, 5) is 2.48. The van der Waals surface area contributed by atoms with Crippen molar-refractivity contribution < 1.29 is 0 Å². The number of rotatable bonds is 6. The maximum Gasteiger partial charge on any atom is 0.0782 e. The van der Waals surface area contributed by atoms with E-state index >= 15 is 0 Å². The van der Waals surface area contributed by atoms with Crippen molar-refractivity contribution in [1.29, 1.82) is 0 Å². The van der Waals surface area contributed by atoms with Crippen molar-refractivity contribution in [2.45, 2.75) is 0 Å². The number of fused-ring (bicyclic) bond motifs is 7. The Kier molecular flexibility index (Phi) is 7.17. The Hall–Kier alpha value is -7.36. The van der Waals surface area contributed by atoms with E-state index in [1.807, 2.05) is 0 Å². The van der Waals surface area contributed by atoms with Gasteiger partial charge in [-0.15, -0.1) is 0 Å². The van der Waals surface area contributed by atoms with Gasteiger partial charge in [-0.3, -0.25) is 0 Å². The van der Waals surface area contributed by atoms with Crippen LogP contribution in [0, 0.1) is 0 Å². The molecular formula is C52H35N3. The van der Waals surface area contributed by atoms with Crippen LogP contribution in [0.25, 0.3) is 76.9 Å². The molecule has 9 aromatic carbocycles. The first kappa shape index (κ1) is 31.2. The normalized spacial score (nSPS) is 11.6. The van der Waals surface area contributed by atoms with Crippen LogP contribution in [0.3, 0.4) is 0 Å². The van der Waals surface area contributed by atoms with E-state index < -0.39 is 0 Å². The van der Waals surface area contributed by atoms with Crippen LogP contribution in [0.5, 0.6) is 0 Å². The molecule has 0 atom stereocenters. The summed E-state index contributed by atoms with van der Waals surface area (Å²) in [7, 11) is 0. The third-order valence-electron chi connectivity index (χ3n) is 11.1. The summed E-state index contributed by atoms with van der Waals surface area (Å²) in [6, 6.07) is 77.1. The van der Waals surface area contributed by atoms with Gasteiger partial charge in [0.05, 0.1) is 33.4 Å². The molecule has 0 spiro atoms. The molecule has 2 heterocycles. The highest BCUT2D eigenvalue weighted by Gasteiger charge is 2.24. The minimum Gasteiger partial charge on any atom is -0.309 e. The molecule has 55 heavy (non-hydrogen) atoms. The SMILES string of the molecule is c1ccc(-c2ccccc2N(c2ccc3c4ccccc4n(-c4ccccc4)c3c2)c2cccc3c4ccccc4n(-c4ccc5ccccc5c4)c23)cc1. The zero-order valence-corrected chi connectivity index (χ0v) is 30.0. The fourth-order valence-corrected chi connectivity index (χ4v) is 8.66. The summed E-state index contributed by atoms with van der Waals surface area (Å²) in [6.45, 7) is 0. The summed E-state index contributed by atoms with van der Waals surface area (Å²) in [6.07, 6.45) is 0. The van der Waals surface area contributed by atoms with Crippen molar-refractivity contribution in [3.63, 3.8) is 0 Å². The maximum absolute atomic E-state index is 2.48. The van der Waals surface area contributed by atoms with Crippen LogP contribution in [0.2, 0.25) is 0 Å². The third-order valence-corrected chi connectivity index (χ3v) is 11.1. The number of anilines is 3. The molecule has 0 unspecified atom stereocenters. The average Bonchev–Trinajstić information content (AvgIpc) is 3.78. The molecular weight excluding hydrogens is 667 g/mol. The summed E-state index contributed by atoms with van der Waals surface area (Å²) in [5.74, 6) is 0. The topological polar surface area (TPSA) is 13.1 Å². The molecule has 258 valence electrons. The molecule has 3 heteroatoms. The van der Waals surface area contributed by atoms with Gasteiger partial charge < -0.3 is 14.0 Å². The van der Waals surface area contributed by atoms with Gasteiger partial charge >= 0.3 is 0 Å². The van der Waals surface area contributed by atoms with Crippen LogP contribution in [-0.2, 0) is 0 Å². The lowest BCUT2D eigenvalue weighted by Crippen LogP contribution is -2.13. The van der Waals surface area contributed by atoms with E-state index in [9.17, 15) is 0 Å². The number of nitrogens with zero attached hydrogens (tertiary/aromatic N) is 3. The van der Waals surface area contributed by atoms with E-state index in [0.29, 0.717) is 0 Å². The highest BCUT2D eigenvalue weighted by molar-refractivity contribution is 6.16. The van der Waals surface area contributed by atoms with E-state index in [2.05, 4.69) is 226 Å². The maximum atomic E-state index is 2.48. The molecule has 2 aromatic heterocycles. The van der Waals surface area contributed by atoms with Crippen molar-refractivity contribution >= 4 is 71.4 Å². The number of aromatic nitrogens is 2. The first-order chi connectivity index (χ1) is 27.3. The van der Waals surface area contributed by atoms with Crippen LogP contribution < -0.4 is 4.90 Å². The Balaban J connectivity index is 1.26. The van der Waals surface area contributed by atoms with Gasteiger partial charge in [0.2, 0.25) is 0 Å². The summed E-state index contributed by atoms with van der Waals surface area (Å²) >= 11 is 0. The van der Waals surface area contributed by atoms with Gasteiger partial charge in [-0.1, -0.05) is 152 Å².